The third-order valence-electron chi connectivity index (χ3n) is 1.44. The van der Waals surface area contributed by atoms with Crippen molar-refractivity contribution in [2.75, 3.05) is 0 Å². The normalized spacial score (nSPS) is 10.3. The molecule has 2 N–H and O–H groups in total. The molecule has 0 atom stereocenters. The van der Waals surface area contributed by atoms with Gasteiger partial charge in [0.15, 0.2) is 5.65 Å². The van der Waals surface area contributed by atoms with Crippen molar-refractivity contribution in [3.05, 3.63) is 24.4 Å². The van der Waals surface area contributed by atoms with Gasteiger partial charge in [0.05, 0.1) is 12.4 Å². The van der Waals surface area contributed by atoms with E-state index in [1.54, 1.807) is 0 Å². The lowest BCUT2D eigenvalue weighted by molar-refractivity contribution is 0.0993. The highest BCUT2D eigenvalue weighted by Crippen LogP contribution is 2.00. The van der Waals surface area contributed by atoms with E-state index in [0.717, 1.165) is 0 Å². The second kappa shape index (κ2) is 2.26. The summed E-state index contributed by atoms with van der Waals surface area (Å²) in [4.78, 5) is 18.4. The molecule has 0 aliphatic heterocycles. The Bertz CT molecular complexity index is 434. The molecule has 0 fully saturated rings. The average molecular weight is 163 g/mol. The molecule has 0 saturated carbocycles. The van der Waals surface area contributed by atoms with Crippen LogP contribution in [0.5, 0.6) is 0 Å². The van der Waals surface area contributed by atoms with Crippen molar-refractivity contribution in [3.63, 3.8) is 0 Å². The molecule has 0 unspecified atom stereocenters. The molecule has 6 heteroatoms. The first-order chi connectivity index (χ1) is 5.79. The van der Waals surface area contributed by atoms with Gasteiger partial charge in [0, 0.05) is 0 Å². The molecular weight excluding hydrogens is 158 g/mol. The van der Waals surface area contributed by atoms with E-state index in [1.165, 1.54) is 23.2 Å². The molecule has 0 aliphatic carbocycles. The molecule has 0 spiro atoms. The molecule has 2 aromatic rings. The number of aromatic nitrogens is 4. The number of primary amides is 1. The standard InChI is InChI=1S/C6H5N5O/c7-6(12)4-1-9-5-2-8-3-10-11(4)5/h1-3H,(H2,7,12). The van der Waals surface area contributed by atoms with Gasteiger partial charge in [0.2, 0.25) is 0 Å². The predicted octanol–water partition coefficient (Wildman–Crippen LogP) is -0.777. The van der Waals surface area contributed by atoms with Gasteiger partial charge in [-0.1, -0.05) is 0 Å². The van der Waals surface area contributed by atoms with Gasteiger partial charge in [-0.15, -0.1) is 0 Å². The lowest BCUT2D eigenvalue weighted by Gasteiger charge is -1.92. The Morgan fingerprint density at radius 1 is 1.50 bits per heavy atom. The fourth-order valence-electron chi connectivity index (χ4n) is 0.919. The highest BCUT2D eigenvalue weighted by Gasteiger charge is 2.07. The first-order valence-electron chi connectivity index (χ1n) is 3.22. The predicted molar refractivity (Wildman–Crippen MR) is 39.3 cm³/mol. The third kappa shape index (κ3) is 0.815. The molecule has 2 heterocycles. The number of carbonyl (C=O) groups is 1. The molecule has 1 amide bonds. The Hall–Kier alpha value is -1.98. The Labute approximate surface area is 67.0 Å². The number of carbonyl (C=O) groups excluding carboxylic acids is 1. The summed E-state index contributed by atoms with van der Waals surface area (Å²) < 4.78 is 1.34. The summed E-state index contributed by atoms with van der Waals surface area (Å²) in [6.07, 6.45) is 4.19. The van der Waals surface area contributed by atoms with Gasteiger partial charge < -0.3 is 5.73 Å². The second-order valence-electron chi connectivity index (χ2n) is 2.19. The van der Waals surface area contributed by atoms with Crippen LogP contribution in [0.15, 0.2) is 18.7 Å². The lowest BCUT2D eigenvalue weighted by Crippen LogP contribution is -2.14. The molecule has 0 aliphatic rings. The summed E-state index contributed by atoms with van der Waals surface area (Å²) in [6, 6.07) is 0. The number of nitrogens with two attached hydrogens (primary N) is 1. The number of amides is 1. The van der Waals surface area contributed by atoms with E-state index in [9.17, 15) is 4.79 Å². The Balaban J connectivity index is 2.79. The number of hydrogen-bond acceptors (Lipinski definition) is 4. The Morgan fingerprint density at radius 3 is 3.08 bits per heavy atom. The fraction of sp³-hybridized carbons (Fsp3) is 0. The summed E-state index contributed by atoms with van der Waals surface area (Å²) in [5, 5.41) is 3.80. The SMILES string of the molecule is NC(=O)c1cnc2cncnn12. The van der Waals surface area contributed by atoms with Gasteiger partial charge in [-0.2, -0.15) is 5.10 Å². The van der Waals surface area contributed by atoms with E-state index in [-0.39, 0.29) is 5.69 Å². The second-order valence-corrected chi connectivity index (χ2v) is 2.19. The zero-order valence-corrected chi connectivity index (χ0v) is 6.01. The summed E-state index contributed by atoms with van der Waals surface area (Å²) >= 11 is 0. The molecule has 0 saturated heterocycles. The highest BCUT2D eigenvalue weighted by molar-refractivity contribution is 5.91. The first-order valence-corrected chi connectivity index (χ1v) is 3.22. The van der Waals surface area contributed by atoms with Gasteiger partial charge in [-0.25, -0.2) is 14.5 Å². The summed E-state index contributed by atoms with van der Waals surface area (Å²) in [6.45, 7) is 0. The molecule has 0 aromatic carbocycles. The van der Waals surface area contributed by atoms with Crippen LogP contribution < -0.4 is 5.73 Å². The highest BCUT2D eigenvalue weighted by atomic mass is 16.1. The van der Waals surface area contributed by atoms with E-state index < -0.39 is 5.91 Å². The minimum absolute atomic E-state index is 0.257. The molecule has 2 rings (SSSR count). The molecule has 6 nitrogen and oxygen atoms in total. The maximum Gasteiger partial charge on any atom is 0.269 e. The quantitative estimate of drug-likeness (QED) is 0.597. The number of rotatable bonds is 1. The minimum Gasteiger partial charge on any atom is -0.364 e. The van der Waals surface area contributed by atoms with Gasteiger partial charge in [-0.05, 0) is 0 Å². The summed E-state index contributed by atoms with van der Waals surface area (Å²) in [5.74, 6) is -0.554. The molecular formula is C6H5N5O. The average Bonchev–Trinajstić information content (AvgIpc) is 2.47. The Morgan fingerprint density at radius 2 is 2.33 bits per heavy atom. The van der Waals surface area contributed by atoms with Gasteiger partial charge in [0.1, 0.15) is 12.0 Å². The van der Waals surface area contributed by atoms with E-state index in [4.69, 9.17) is 5.73 Å². The van der Waals surface area contributed by atoms with Crippen LogP contribution in [0.25, 0.3) is 5.65 Å². The van der Waals surface area contributed by atoms with Crippen LogP contribution in [-0.4, -0.2) is 25.5 Å². The maximum atomic E-state index is 10.8. The zero-order chi connectivity index (χ0) is 8.55. The third-order valence-corrected chi connectivity index (χ3v) is 1.44. The van der Waals surface area contributed by atoms with Crippen LogP contribution in [0.2, 0.25) is 0 Å². The van der Waals surface area contributed by atoms with Crippen molar-refractivity contribution in [2.45, 2.75) is 0 Å². The van der Waals surface area contributed by atoms with Crippen molar-refractivity contribution in [2.24, 2.45) is 5.73 Å². The van der Waals surface area contributed by atoms with Crippen LogP contribution in [0, 0.1) is 0 Å². The smallest absolute Gasteiger partial charge is 0.269 e. The number of hydrogen-bond donors (Lipinski definition) is 1. The van der Waals surface area contributed by atoms with Gasteiger partial charge >= 0.3 is 0 Å². The van der Waals surface area contributed by atoms with Crippen molar-refractivity contribution < 1.29 is 4.79 Å². The van der Waals surface area contributed by atoms with Gasteiger partial charge in [-0.3, -0.25) is 4.79 Å². The van der Waals surface area contributed by atoms with E-state index in [0.29, 0.717) is 5.65 Å². The maximum absolute atomic E-state index is 10.8. The largest absolute Gasteiger partial charge is 0.364 e. The van der Waals surface area contributed by atoms with Crippen molar-refractivity contribution in [1.82, 2.24) is 19.6 Å². The molecule has 0 radical (unpaired) electrons. The Kier molecular flexibility index (Phi) is 1.26. The minimum atomic E-state index is -0.554. The van der Waals surface area contributed by atoms with Gasteiger partial charge in [0.25, 0.3) is 5.91 Å². The van der Waals surface area contributed by atoms with Crippen molar-refractivity contribution in [3.8, 4) is 0 Å². The van der Waals surface area contributed by atoms with Crippen LogP contribution in [-0.2, 0) is 0 Å². The van der Waals surface area contributed by atoms with Crippen molar-refractivity contribution in [1.29, 1.82) is 0 Å². The summed E-state index contributed by atoms with van der Waals surface area (Å²) in [5.41, 5.74) is 5.83. The topological polar surface area (TPSA) is 86.2 Å². The van der Waals surface area contributed by atoms with Crippen LogP contribution in [0.1, 0.15) is 10.5 Å². The van der Waals surface area contributed by atoms with Crippen molar-refractivity contribution >= 4 is 11.6 Å². The van der Waals surface area contributed by atoms with E-state index >= 15 is 0 Å². The first kappa shape index (κ1) is 6.71. The fourth-order valence-corrected chi connectivity index (χ4v) is 0.919. The van der Waals surface area contributed by atoms with Crippen LogP contribution in [0.4, 0.5) is 0 Å². The number of nitrogens with zero attached hydrogens (tertiary/aromatic N) is 4. The zero-order valence-electron chi connectivity index (χ0n) is 6.01. The molecule has 0 bridgehead atoms. The molecule has 2 aromatic heterocycles. The molecule has 60 valence electrons. The molecule has 12 heavy (non-hydrogen) atoms. The lowest BCUT2D eigenvalue weighted by atomic mass is 10.5. The monoisotopic (exact) mass is 163 g/mol. The van der Waals surface area contributed by atoms with E-state index in [2.05, 4.69) is 15.1 Å². The van der Waals surface area contributed by atoms with Crippen LogP contribution in [0.3, 0.4) is 0 Å². The number of fused-ring (bicyclic) bond motifs is 1. The number of imidazole rings is 1. The van der Waals surface area contributed by atoms with E-state index in [1.807, 2.05) is 0 Å². The van der Waals surface area contributed by atoms with Crippen LogP contribution >= 0.6 is 0 Å². The summed E-state index contributed by atoms with van der Waals surface area (Å²) in [7, 11) is 0.